The highest BCUT2D eigenvalue weighted by Crippen LogP contribution is 2.50. The van der Waals surface area contributed by atoms with Crippen LogP contribution in [-0.4, -0.2) is 24.1 Å². The van der Waals surface area contributed by atoms with Crippen LogP contribution in [0.25, 0.3) is 0 Å². The molecule has 0 fully saturated rings. The number of rotatable bonds is 4. The van der Waals surface area contributed by atoms with E-state index in [0.29, 0.717) is 22.8 Å². The lowest BCUT2D eigenvalue weighted by atomic mass is 9.75. The van der Waals surface area contributed by atoms with Gasteiger partial charge in [-0.3, -0.25) is 4.79 Å². The number of hydrogen-bond acceptors (Lipinski definition) is 4. The van der Waals surface area contributed by atoms with Crippen molar-refractivity contribution < 1.29 is 19.4 Å². The van der Waals surface area contributed by atoms with Crippen LogP contribution in [0.1, 0.15) is 80.1 Å². The molecule has 4 nitrogen and oxygen atoms in total. The highest BCUT2D eigenvalue weighted by atomic mass is 16.5. The van der Waals surface area contributed by atoms with Crippen molar-refractivity contribution in [2.75, 3.05) is 7.11 Å². The molecule has 0 radical (unpaired) electrons. The summed E-state index contributed by atoms with van der Waals surface area (Å²) < 4.78 is 12.0. The predicted molar refractivity (Wildman–Crippen MR) is 136 cm³/mol. The summed E-state index contributed by atoms with van der Waals surface area (Å²) in [5, 5.41) is 11.3. The number of phenols is 1. The largest absolute Gasteiger partial charge is 0.507 e. The molecule has 0 spiro atoms. The van der Waals surface area contributed by atoms with E-state index < -0.39 is 6.10 Å². The van der Waals surface area contributed by atoms with Crippen LogP contribution >= 0.6 is 0 Å². The minimum absolute atomic E-state index is 0.0773. The van der Waals surface area contributed by atoms with E-state index in [9.17, 15) is 9.90 Å². The van der Waals surface area contributed by atoms with Gasteiger partial charge in [-0.05, 0) is 39.7 Å². The standard InChI is InChI=1S/C30H34O4/c1-29(2,3)20-16-19(17-21(27(20)32)30(4,5)6)24-25-22(33-7)14-11-15-23(25)34-28(24)26(31)18-12-9-8-10-13-18/h8-17,24,28,32H,1-7H3/t24-,28-/m0/s1. The van der Waals surface area contributed by atoms with Crippen LogP contribution < -0.4 is 9.47 Å². The number of Topliss-reactive ketones (excluding diaryl/α,β-unsaturated/α-hetero) is 1. The second-order valence-corrected chi connectivity index (χ2v) is 11.1. The molecule has 0 aliphatic carbocycles. The molecule has 0 bridgehead atoms. The zero-order chi connectivity index (χ0) is 24.8. The summed E-state index contributed by atoms with van der Waals surface area (Å²) in [7, 11) is 1.64. The van der Waals surface area contributed by atoms with Crippen LogP contribution in [0.5, 0.6) is 17.2 Å². The molecule has 2 atom stereocenters. The zero-order valence-electron chi connectivity index (χ0n) is 21.1. The maximum atomic E-state index is 13.7. The summed E-state index contributed by atoms with van der Waals surface area (Å²) in [6.45, 7) is 12.5. The number of benzene rings is 3. The van der Waals surface area contributed by atoms with Gasteiger partial charge < -0.3 is 14.6 Å². The third-order valence-electron chi connectivity index (χ3n) is 6.54. The molecule has 178 valence electrons. The Hall–Kier alpha value is -3.27. The maximum Gasteiger partial charge on any atom is 0.204 e. The van der Waals surface area contributed by atoms with Crippen molar-refractivity contribution >= 4 is 5.78 Å². The minimum Gasteiger partial charge on any atom is -0.507 e. The second-order valence-electron chi connectivity index (χ2n) is 11.1. The Morgan fingerprint density at radius 3 is 2.00 bits per heavy atom. The quantitative estimate of drug-likeness (QED) is 0.438. The predicted octanol–water partition coefficient (Wildman–Crippen LogP) is 6.77. The highest BCUT2D eigenvalue weighted by Gasteiger charge is 2.43. The molecule has 4 rings (SSSR count). The first-order valence-corrected chi connectivity index (χ1v) is 11.7. The van der Waals surface area contributed by atoms with Crippen molar-refractivity contribution in [3.05, 3.63) is 88.5 Å². The fourth-order valence-corrected chi connectivity index (χ4v) is 4.76. The first kappa shape index (κ1) is 23.9. The second kappa shape index (κ2) is 8.50. The number of carbonyl (C=O) groups excluding carboxylic acids is 1. The number of aromatic hydroxyl groups is 1. The Balaban J connectivity index is 1.98. The molecular weight excluding hydrogens is 424 g/mol. The summed E-state index contributed by atoms with van der Waals surface area (Å²) in [6.07, 6.45) is -0.737. The lowest BCUT2D eigenvalue weighted by Crippen LogP contribution is -2.30. The average molecular weight is 459 g/mol. The van der Waals surface area contributed by atoms with Crippen LogP contribution in [-0.2, 0) is 10.8 Å². The van der Waals surface area contributed by atoms with E-state index in [4.69, 9.17) is 9.47 Å². The van der Waals surface area contributed by atoms with Gasteiger partial charge >= 0.3 is 0 Å². The summed E-state index contributed by atoms with van der Waals surface area (Å²) in [4.78, 5) is 13.7. The number of hydrogen-bond donors (Lipinski definition) is 1. The summed E-state index contributed by atoms with van der Waals surface area (Å²) in [6, 6.07) is 19.0. The number of ketones is 1. The van der Waals surface area contributed by atoms with Gasteiger partial charge in [0, 0.05) is 11.1 Å². The number of fused-ring (bicyclic) bond motifs is 1. The van der Waals surface area contributed by atoms with Crippen molar-refractivity contribution in [3.8, 4) is 17.2 Å². The molecule has 0 saturated heterocycles. The van der Waals surface area contributed by atoms with Gasteiger partial charge in [-0.1, -0.05) is 90.1 Å². The third kappa shape index (κ3) is 4.18. The fourth-order valence-electron chi connectivity index (χ4n) is 4.76. The number of methoxy groups -OCH3 is 1. The Kier molecular flexibility index (Phi) is 5.97. The summed E-state index contributed by atoms with van der Waals surface area (Å²) >= 11 is 0. The van der Waals surface area contributed by atoms with Gasteiger partial charge in [0.25, 0.3) is 0 Å². The van der Waals surface area contributed by atoms with Gasteiger partial charge in [0.05, 0.1) is 13.0 Å². The Labute approximate surface area is 202 Å². The van der Waals surface area contributed by atoms with Gasteiger partial charge in [0.1, 0.15) is 17.2 Å². The van der Waals surface area contributed by atoms with Gasteiger partial charge in [-0.2, -0.15) is 0 Å². The topological polar surface area (TPSA) is 55.8 Å². The van der Waals surface area contributed by atoms with Crippen molar-refractivity contribution in [2.45, 2.75) is 64.4 Å². The molecule has 1 N–H and O–H groups in total. The van der Waals surface area contributed by atoms with E-state index in [1.54, 1.807) is 7.11 Å². The van der Waals surface area contributed by atoms with E-state index in [0.717, 1.165) is 22.3 Å². The van der Waals surface area contributed by atoms with Crippen LogP contribution in [0.4, 0.5) is 0 Å². The van der Waals surface area contributed by atoms with E-state index in [2.05, 4.69) is 41.5 Å². The van der Waals surface area contributed by atoms with E-state index >= 15 is 0 Å². The third-order valence-corrected chi connectivity index (χ3v) is 6.54. The SMILES string of the molecule is COc1cccc2c1[C@H](c1cc(C(C)(C)C)c(O)c(C(C)(C)C)c1)[C@@H](C(=O)c1ccccc1)O2. The molecular formula is C30H34O4. The smallest absolute Gasteiger partial charge is 0.204 e. The van der Waals surface area contributed by atoms with Gasteiger partial charge in [0.15, 0.2) is 6.10 Å². The minimum atomic E-state index is -0.737. The molecule has 3 aromatic rings. The highest BCUT2D eigenvalue weighted by molar-refractivity contribution is 6.01. The summed E-state index contributed by atoms with van der Waals surface area (Å²) in [5.74, 6) is 1.21. The van der Waals surface area contributed by atoms with Crippen LogP contribution in [0.15, 0.2) is 60.7 Å². The Morgan fingerprint density at radius 1 is 0.882 bits per heavy atom. The molecule has 0 amide bonds. The molecule has 0 saturated carbocycles. The summed E-state index contributed by atoms with van der Waals surface area (Å²) in [5.41, 5.74) is 3.53. The zero-order valence-corrected chi connectivity index (χ0v) is 21.1. The van der Waals surface area contributed by atoms with E-state index in [1.165, 1.54) is 0 Å². The number of carbonyl (C=O) groups is 1. The molecule has 1 aliphatic rings. The molecule has 4 heteroatoms. The lowest BCUT2D eigenvalue weighted by Gasteiger charge is -2.30. The van der Waals surface area contributed by atoms with Gasteiger partial charge in [-0.25, -0.2) is 0 Å². The van der Waals surface area contributed by atoms with E-state index in [1.807, 2.05) is 60.7 Å². The molecule has 0 unspecified atom stereocenters. The molecule has 0 aromatic heterocycles. The Bertz CT molecular complexity index is 1180. The normalized spacial score (nSPS) is 17.7. The lowest BCUT2D eigenvalue weighted by molar-refractivity contribution is 0.0806. The monoisotopic (exact) mass is 458 g/mol. The average Bonchev–Trinajstić information content (AvgIpc) is 3.17. The molecule has 34 heavy (non-hydrogen) atoms. The van der Waals surface area contributed by atoms with Crippen molar-refractivity contribution in [1.29, 1.82) is 0 Å². The van der Waals surface area contributed by atoms with Crippen LogP contribution in [0.2, 0.25) is 0 Å². The first-order chi connectivity index (χ1) is 15.9. The van der Waals surface area contributed by atoms with Gasteiger partial charge in [-0.15, -0.1) is 0 Å². The van der Waals surface area contributed by atoms with Gasteiger partial charge in [0.2, 0.25) is 5.78 Å². The first-order valence-electron chi connectivity index (χ1n) is 11.7. The van der Waals surface area contributed by atoms with Crippen LogP contribution in [0, 0.1) is 0 Å². The maximum absolute atomic E-state index is 13.7. The van der Waals surface area contributed by atoms with Crippen molar-refractivity contribution in [1.82, 2.24) is 0 Å². The number of ether oxygens (including phenoxy) is 2. The molecule has 3 aromatic carbocycles. The van der Waals surface area contributed by atoms with Crippen LogP contribution in [0.3, 0.4) is 0 Å². The Morgan fingerprint density at radius 2 is 1.47 bits per heavy atom. The molecule has 1 aliphatic heterocycles. The molecule has 1 heterocycles. The fraction of sp³-hybridized carbons (Fsp3) is 0.367. The van der Waals surface area contributed by atoms with E-state index in [-0.39, 0.29) is 22.5 Å². The van der Waals surface area contributed by atoms with Crippen molar-refractivity contribution in [3.63, 3.8) is 0 Å². The van der Waals surface area contributed by atoms with Crippen molar-refractivity contribution in [2.24, 2.45) is 0 Å². The number of phenolic OH excluding ortho intramolecular Hbond substituents is 1.